The van der Waals surface area contributed by atoms with E-state index in [0.29, 0.717) is 24.5 Å². The number of nitrogens with one attached hydrogen (secondary N) is 1. The molecule has 3 rings (SSSR count). The van der Waals surface area contributed by atoms with Gasteiger partial charge in [-0.15, -0.1) is 5.10 Å². The van der Waals surface area contributed by atoms with Gasteiger partial charge in [-0.25, -0.2) is 0 Å². The lowest BCUT2D eigenvalue weighted by atomic mass is 10.1. The number of benzene rings is 1. The second-order valence-corrected chi connectivity index (χ2v) is 6.31. The van der Waals surface area contributed by atoms with Crippen LogP contribution in [0.2, 0.25) is 0 Å². The molecule has 8 heteroatoms. The zero-order valence-corrected chi connectivity index (χ0v) is 14.5. The van der Waals surface area contributed by atoms with Gasteiger partial charge in [-0.1, -0.05) is 12.5 Å². The molecule has 0 spiro atoms. The topological polar surface area (TPSA) is 93.0 Å². The zero-order chi connectivity index (χ0) is 17.8. The van der Waals surface area contributed by atoms with Gasteiger partial charge in [0, 0.05) is 18.7 Å². The average molecular weight is 342 g/mol. The zero-order valence-electron chi connectivity index (χ0n) is 14.5. The summed E-state index contributed by atoms with van der Waals surface area (Å²) in [4.78, 5) is 26.0. The van der Waals surface area contributed by atoms with Crippen molar-refractivity contribution >= 4 is 17.5 Å². The number of carbonyl (C=O) groups excluding carboxylic acids is 2. The van der Waals surface area contributed by atoms with Gasteiger partial charge in [0.2, 0.25) is 11.8 Å². The van der Waals surface area contributed by atoms with E-state index in [9.17, 15) is 9.59 Å². The van der Waals surface area contributed by atoms with E-state index in [1.807, 2.05) is 32.0 Å². The van der Waals surface area contributed by atoms with Crippen molar-refractivity contribution in [2.75, 3.05) is 18.4 Å². The number of carbonyl (C=O) groups is 2. The third kappa shape index (κ3) is 4.01. The fraction of sp³-hybridized carbons (Fsp3) is 0.471. The lowest BCUT2D eigenvalue weighted by Gasteiger charge is -2.20. The van der Waals surface area contributed by atoms with Crippen molar-refractivity contribution in [1.82, 2.24) is 25.1 Å². The monoisotopic (exact) mass is 342 g/mol. The second-order valence-electron chi connectivity index (χ2n) is 6.31. The first-order valence-corrected chi connectivity index (χ1v) is 8.48. The number of anilines is 1. The molecule has 1 aromatic carbocycles. The summed E-state index contributed by atoms with van der Waals surface area (Å²) in [5, 5.41) is 14.4. The molecule has 2 amide bonds. The third-order valence-electron chi connectivity index (χ3n) is 4.35. The maximum Gasteiger partial charge on any atom is 0.243 e. The normalized spacial score (nSPS) is 15.1. The summed E-state index contributed by atoms with van der Waals surface area (Å²) in [6.07, 6.45) is 3.42. The first-order valence-electron chi connectivity index (χ1n) is 8.48. The largest absolute Gasteiger partial charge is 0.333 e. The summed E-state index contributed by atoms with van der Waals surface area (Å²) in [5.74, 6) is 0.529. The predicted octanol–water partition coefficient (Wildman–Crippen LogP) is 1.62. The van der Waals surface area contributed by atoms with Crippen LogP contribution in [0, 0.1) is 13.8 Å². The molecule has 0 bridgehead atoms. The Labute approximate surface area is 146 Å². The Balaban J connectivity index is 1.71. The lowest BCUT2D eigenvalue weighted by molar-refractivity contribution is -0.134. The SMILES string of the molecule is Cc1ccc(NC(=O)CN2CCCCCC2=O)cc1-n1nnnc1C. The van der Waals surface area contributed by atoms with Crippen LogP contribution in [0.5, 0.6) is 0 Å². The Morgan fingerprint density at radius 2 is 2.08 bits per heavy atom. The molecular weight excluding hydrogens is 320 g/mol. The summed E-state index contributed by atoms with van der Waals surface area (Å²) >= 11 is 0. The fourth-order valence-electron chi connectivity index (χ4n) is 2.95. The van der Waals surface area contributed by atoms with E-state index in [2.05, 4.69) is 20.8 Å². The van der Waals surface area contributed by atoms with E-state index in [-0.39, 0.29) is 18.4 Å². The molecule has 8 nitrogen and oxygen atoms in total. The number of hydrogen-bond donors (Lipinski definition) is 1. The van der Waals surface area contributed by atoms with Crippen LogP contribution < -0.4 is 5.32 Å². The standard InChI is InChI=1S/C17H22N6O2/c1-12-7-8-14(10-15(12)23-13(2)19-20-21-23)18-16(24)11-22-9-5-3-4-6-17(22)25/h7-8,10H,3-6,9,11H2,1-2H3,(H,18,24). The molecule has 1 N–H and O–H groups in total. The van der Waals surface area contributed by atoms with Crippen LogP contribution >= 0.6 is 0 Å². The van der Waals surface area contributed by atoms with Gasteiger partial charge in [0.25, 0.3) is 0 Å². The van der Waals surface area contributed by atoms with Crippen LogP contribution in [0.3, 0.4) is 0 Å². The number of tetrazole rings is 1. The first kappa shape index (κ1) is 17.1. The van der Waals surface area contributed by atoms with Crippen molar-refractivity contribution in [3.05, 3.63) is 29.6 Å². The maximum atomic E-state index is 12.3. The molecule has 2 heterocycles. The van der Waals surface area contributed by atoms with Crippen LogP contribution in [0.15, 0.2) is 18.2 Å². The van der Waals surface area contributed by atoms with E-state index >= 15 is 0 Å². The van der Waals surface area contributed by atoms with Crippen molar-refractivity contribution in [1.29, 1.82) is 0 Å². The van der Waals surface area contributed by atoms with Gasteiger partial charge in [-0.3, -0.25) is 9.59 Å². The number of nitrogens with zero attached hydrogens (tertiary/aromatic N) is 5. The van der Waals surface area contributed by atoms with Crippen LogP contribution in [-0.2, 0) is 9.59 Å². The minimum Gasteiger partial charge on any atom is -0.333 e. The number of amides is 2. The van der Waals surface area contributed by atoms with Gasteiger partial charge in [-0.05, 0) is 54.8 Å². The molecule has 0 atom stereocenters. The Hall–Kier alpha value is -2.77. The van der Waals surface area contributed by atoms with Crippen molar-refractivity contribution in [3.63, 3.8) is 0 Å². The Bertz CT molecular complexity index is 785. The number of aromatic nitrogens is 4. The van der Waals surface area contributed by atoms with Gasteiger partial charge >= 0.3 is 0 Å². The third-order valence-corrected chi connectivity index (χ3v) is 4.35. The molecule has 1 saturated heterocycles. The lowest BCUT2D eigenvalue weighted by Crippen LogP contribution is -2.37. The summed E-state index contributed by atoms with van der Waals surface area (Å²) in [5.41, 5.74) is 2.46. The molecule has 0 aliphatic carbocycles. The van der Waals surface area contributed by atoms with E-state index < -0.39 is 0 Å². The molecule has 1 aromatic heterocycles. The number of likely N-dealkylation sites (tertiary alicyclic amines) is 1. The molecule has 0 radical (unpaired) electrons. The molecule has 0 unspecified atom stereocenters. The highest BCUT2D eigenvalue weighted by molar-refractivity contribution is 5.94. The van der Waals surface area contributed by atoms with Gasteiger partial charge in [0.1, 0.15) is 0 Å². The predicted molar refractivity (Wildman–Crippen MR) is 92.3 cm³/mol. The smallest absolute Gasteiger partial charge is 0.243 e. The highest BCUT2D eigenvalue weighted by Crippen LogP contribution is 2.19. The number of aryl methyl sites for hydroxylation is 2. The highest BCUT2D eigenvalue weighted by atomic mass is 16.2. The first-order chi connectivity index (χ1) is 12.0. The number of hydrogen-bond acceptors (Lipinski definition) is 5. The summed E-state index contributed by atoms with van der Waals surface area (Å²) in [6.45, 7) is 4.51. The highest BCUT2D eigenvalue weighted by Gasteiger charge is 2.19. The van der Waals surface area contributed by atoms with E-state index in [1.54, 1.807) is 9.58 Å². The number of rotatable bonds is 4. The average Bonchev–Trinajstić information content (AvgIpc) is 2.90. The molecule has 2 aromatic rings. The molecule has 1 aliphatic heterocycles. The molecular formula is C17H22N6O2. The van der Waals surface area contributed by atoms with Crippen LogP contribution in [0.25, 0.3) is 5.69 Å². The summed E-state index contributed by atoms with van der Waals surface area (Å²) in [7, 11) is 0. The summed E-state index contributed by atoms with van der Waals surface area (Å²) in [6, 6.07) is 5.57. The van der Waals surface area contributed by atoms with E-state index in [1.165, 1.54) is 0 Å². The minimum atomic E-state index is -0.196. The summed E-state index contributed by atoms with van der Waals surface area (Å²) < 4.78 is 1.63. The van der Waals surface area contributed by atoms with Gasteiger partial charge in [0.05, 0.1) is 12.2 Å². The van der Waals surface area contributed by atoms with E-state index in [4.69, 9.17) is 0 Å². The Morgan fingerprint density at radius 1 is 1.24 bits per heavy atom. The second kappa shape index (κ2) is 7.42. The van der Waals surface area contributed by atoms with Gasteiger partial charge in [-0.2, -0.15) is 4.68 Å². The van der Waals surface area contributed by atoms with Crippen molar-refractivity contribution < 1.29 is 9.59 Å². The molecule has 25 heavy (non-hydrogen) atoms. The fourth-order valence-corrected chi connectivity index (χ4v) is 2.95. The Kier molecular flexibility index (Phi) is 5.06. The van der Waals surface area contributed by atoms with Gasteiger partial charge in [0.15, 0.2) is 5.82 Å². The Morgan fingerprint density at radius 3 is 2.84 bits per heavy atom. The maximum absolute atomic E-state index is 12.3. The molecule has 0 saturated carbocycles. The molecule has 132 valence electrons. The van der Waals surface area contributed by atoms with E-state index in [0.717, 1.165) is 30.5 Å². The minimum absolute atomic E-state index is 0.0570. The molecule has 1 fully saturated rings. The van der Waals surface area contributed by atoms with Crippen LogP contribution in [-0.4, -0.2) is 50.0 Å². The van der Waals surface area contributed by atoms with Crippen LogP contribution in [0.1, 0.15) is 37.1 Å². The van der Waals surface area contributed by atoms with Crippen molar-refractivity contribution in [2.45, 2.75) is 39.5 Å². The van der Waals surface area contributed by atoms with Crippen molar-refractivity contribution in [2.24, 2.45) is 0 Å². The quantitative estimate of drug-likeness (QED) is 0.911. The molecule has 1 aliphatic rings. The van der Waals surface area contributed by atoms with Crippen LogP contribution in [0.4, 0.5) is 5.69 Å². The van der Waals surface area contributed by atoms with Gasteiger partial charge < -0.3 is 10.2 Å². The van der Waals surface area contributed by atoms with Crippen molar-refractivity contribution in [3.8, 4) is 5.69 Å².